The van der Waals surface area contributed by atoms with Crippen molar-refractivity contribution in [3.63, 3.8) is 0 Å². The second-order valence-corrected chi connectivity index (χ2v) is 7.80. The molecule has 2 unspecified atom stereocenters. The maximum Gasteiger partial charge on any atom is 0.0994 e. The predicted molar refractivity (Wildman–Crippen MR) is 78.3 cm³/mol. The monoisotopic (exact) mass is 251 g/mol. The fraction of sp³-hybridized carbons (Fsp3) is 0.750. The molecular formula is C16H29NO. The van der Waals surface area contributed by atoms with E-state index >= 15 is 0 Å². The lowest BCUT2D eigenvalue weighted by Crippen LogP contribution is -2.51. The summed E-state index contributed by atoms with van der Waals surface area (Å²) in [5, 5.41) is 10.6. The third-order valence-corrected chi connectivity index (χ3v) is 3.80. The van der Waals surface area contributed by atoms with Gasteiger partial charge < -0.3 is 10.8 Å². The van der Waals surface area contributed by atoms with Crippen LogP contribution in [0.25, 0.3) is 0 Å². The molecule has 0 bridgehead atoms. The largest absolute Gasteiger partial charge is 0.384 e. The van der Waals surface area contributed by atoms with E-state index in [0.717, 1.165) is 0 Å². The van der Waals surface area contributed by atoms with Crippen LogP contribution in [0, 0.1) is 10.8 Å². The minimum Gasteiger partial charge on any atom is -0.384 e. The molecule has 0 aromatic carbocycles. The second-order valence-electron chi connectivity index (χ2n) is 7.80. The molecule has 2 heteroatoms. The Hall–Kier alpha value is -0.600. The third kappa shape index (κ3) is 2.70. The second kappa shape index (κ2) is 4.21. The van der Waals surface area contributed by atoms with Crippen LogP contribution in [0.2, 0.25) is 0 Å². The van der Waals surface area contributed by atoms with Crippen LogP contribution < -0.4 is 5.73 Å². The van der Waals surface area contributed by atoms with Gasteiger partial charge in [-0.15, -0.1) is 0 Å². The number of hydrogen-bond donors (Lipinski definition) is 2. The van der Waals surface area contributed by atoms with E-state index in [2.05, 4.69) is 48.5 Å². The molecule has 0 saturated carbocycles. The standard InChI is InChI=1S/C16H29NO/c1-10-11(14(2,3)4)9-16(8,18)13(17)12(10)15(5,6)7/h9,13,18H,17H2,1-8H3. The molecule has 1 aliphatic rings. The van der Waals surface area contributed by atoms with E-state index in [0.29, 0.717) is 0 Å². The average Bonchev–Trinajstić information content (AvgIpc) is 2.08. The highest BCUT2D eigenvalue weighted by atomic mass is 16.3. The molecule has 2 nitrogen and oxygen atoms in total. The van der Waals surface area contributed by atoms with E-state index in [9.17, 15) is 5.11 Å². The first-order valence-corrected chi connectivity index (χ1v) is 6.71. The van der Waals surface area contributed by atoms with Crippen molar-refractivity contribution in [3.8, 4) is 0 Å². The molecule has 0 aromatic heterocycles. The van der Waals surface area contributed by atoms with Crippen LogP contribution in [-0.4, -0.2) is 16.7 Å². The van der Waals surface area contributed by atoms with Crippen LogP contribution in [0.15, 0.2) is 22.8 Å². The summed E-state index contributed by atoms with van der Waals surface area (Å²) in [7, 11) is 0. The molecule has 1 rings (SSSR count). The summed E-state index contributed by atoms with van der Waals surface area (Å²) in [6.07, 6.45) is 1.95. The van der Waals surface area contributed by atoms with Crippen LogP contribution in [-0.2, 0) is 0 Å². The summed E-state index contributed by atoms with van der Waals surface area (Å²) in [5.74, 6) is 0. The molecule has 0 aliphatic heterocycles. The third-order valence-electron chi connectivity index (χ3n) is 3.80. The van der Waals surface area contributed by atoms with Gasteiger partial charge in [-0.25, -0.2) is 0 Å². The zero-order chi connectivity index (χ0) is 14.5. The van der Waals surface area contributed by atoms with E-state index in [1.165, 1.54) is 16.7 Å². The van der Waals surface area contributed by atoms with Crippen molar-refractivity contribution >= 4 is 0 Å². The smallest absolute Gasteiger partial charge is 0.0994 e. The molecule has 0 heterocycles. The van der Waals surface area contributed by atoms with Crippen molar-refractivity contribution < 1.29 is 5.11 Å². The number of hydrogen-bond acceptors (Lipinski definition) is 2. The first kappa shape index (κ1) is 15.5. The highest BCUT2D eigenvalue weighted by Crippen LogP contribution is 2.45. The van der Waals surface area contributed by atoms with Gasteiger partial charge in [0.25, 0.3) is 0 Å². The van der Waals surface area contributed by atoms with E-state index in [1.807, 2.05) is 13.0 Å². The maximum atomic E-state index is 10.6. The van der Waals surface area contributed by atoms with Crippen molar-refractivity contribution in [3.05, 3.63) is 22.8 Å². The van der Waals surface area contributed by atoms with Gasteiger partial charge in [0.2, 0.25) is 0 Å². The number of nitrogens with two attached hydrogens (primary N) is 1. The zero-order valence-corrected chi connectivity index (χ0v) is 13.2. The summed E-state index contributed by atoms with van der Waals surface area (Å²) in [6.45, 7) is 16.9. The predicted octanol–water partition coefficient (Wildman–Crippen LogP) is 3.41. The van der Waals surface area contributed by atoms with Crippen molar-refractivity contribution in [2.24, 2.45) is 16.6 Å². The molecule has 18 heavy (non-hydrogen) atoms. The first-order valence-electron chi connectivity index (χ1n) is 6.71. The van der Waals surface area contributed by atoms with E-state index in [-0.39, 0.29) is 16.9 Å². The van der Waals surface area contributed by atoms with Gasteiger partial charge in [-0.3, -0.25) is 0 Å². The van der Waals surface area contributed by atoms with Crippen LogP contribution in [0.1, 0.15) is 55.4 Å². The van der Waals surface area contributed by atoms with Crippen molar-refractivity contribution in [1.29, 1.82) is 0 Å². The van der Waals surface area contributed by atoms with Crippen molar-refractivity contribution in [2.45, 2.75) is 67.0 Å². The van der Waals surface area contributed by atoms with Crippen LogP contribution in [0.4, 0.5) is 0 Å². The lowest BCUT2D eigenvalue weighted by atomic mass is 9.66. The summed E-state index contributed by atoms with van der Waals surface area (Å²) in [6, 6.07) is -0.330. The SMILES string of the molecule is CC1=C(C(C)(C)C)C(N)C(C)(O)C=C1C(C)(C)C. The van der Waals surface area contributed by atoms with Crippen molar-refractivity contribution in [2.75, 3.05) is 0 Å². The minimum atomic E-state index is -0.968. The van der Waals surface area contributed by atoms with Crippen LogP contribution in [0.3, 0.4) is 0 Å². The van der Waals surface area contributed by atoms with Gasteiger partial charge in [-0.2, -0.15) is 0 Å². The van der Waals surface area contributed by atoms with E-state index < -0.39 is 5.60 Å². The Balaban J connectivity index is 3.52. The van der Waals surface area contributed by atoms with Gasteiger partial charge in [0, 0.05) is 0 Å². The molecule has 1 aliphatic carbocycles. The first-order chi connectivity index (χ1) is 7.78. The fourth-order valence-corrected chi connectivity index (χ4v) is 2.97. The van der Waals surface area contributed by atoms with Gasteiger partial charge in [0.1, 0.15) is 0 Å². The Kier molecular flexibility index (Phi) is 3.61. The normalized spacial score (nSPS) is 30.6. The highest BCUT2D eigenvalue weighted by Gasteiger charge is 2.41. The molecule has 3 N–H and O–H groups in total. The zero-order valence-electron chi connectivity index (χ0n) is 13.2. The lowest BCUT2D eigenvalue weighted by molar-refractivity contribution is 0.0821. The van der Waals surface area contributed by atoms with Gasteiger partial charge in [-0.05, 0) is 47.5 Å². The van der Waals surface area contributed by atoms with Gasteiger partial charge >= 0.3 is 0 Å². The van der Waals surface area contributed by atoms with Gasteiger partial charge in [-0.1, -0.05) is 41.5 Å². The highest BCUT2D eigenvalue weighted by molar-refractivity contribution is 5.48. The molecule has 0 spiro atoms. The molecule has 0 radical (unpaired) electrons. The fourth-order valence-electron chi connectivity index (χ4n) is 2.97. The van der Waals surface area contributed by atoms with Crippen LogP contribution in [0.5, 0.6) is 0 Å². The lowest BCUT2D eigenvalue weighted by Gasteiger charge is -2.44. The van der Waals surface area contributed by atoms with Crippen molar-refractivity contribution in [1.82, 2.24) is 0 Å². The Morgan fingerprint density at radius 1 is 1.11 bits per heavy atom. The Morgan fingerprint density at radius 3 is 1.89 bits per heavy atom. The summed E-state index contributed by atoms with van der Waals surface area (Å²) in [5.41, 5.74) is 8.93. The minimum absolute atomic E-state index is 0.0186. The molecule has 0 fully saturated rings. The quantitative estimate of drug-likeness (QED) is 0.693. The summed E-state index contributed by atoms with van der Waals surface area (Å²) < 4.78 is 0. The molecule has 0 saturated heterocycles. The topological polar surface area (TPSA) is 46.2 Å². The maximum absolute atomic E-state index is 10.6. The van der Waals surface area contributed by atoms with E-state index in [4.69, 9.17) is 5.73 Å². The molecular weight excluding hydrogens is 222 g/mol. The molecule has 2 atom stereocenters. The van der Waals surface area contributed by atoms with E-state index in [1.54, 1.807) is 0 Å². The number of aliphatic hydroxyl groups is 1. The molecule has 104 valence electrons. The molecule has 0 aromatic rings. The summed E-state index contributed by atoms with van der Waals surface area (Å²) in [4.78, 5) is 0. The Bertz CT molecular complexity index is 400. The Labute approximate surface area is 112 Å². The average molecular weight is 251 g/mol. The number of allylic oxidation sites excluding steroid dienone is 2. The number of rotatable bonds is 0. The van der Waals surface area contributed by atoms with Gasteiger partial charge in [0.15, 0.2) is 0 Å². The van der Waals surface area contributed by atoms with Crippen LogP contribution >= 0.6 is 0 Å². The Morgan fingerprint density at radius 2 is 1.56 bits per heavy atom. The molecule has 0 amide bonds. The summed E-state index contributed by atoms with van der Waals surface area (Å²) >= 11 is 0. The van der Waals surface area contributed by atoms with Gasteiger partial charge in [0.05, 0.1) is 11.6 Å².